The predicted molar refractivity (Wildman–Crippen MR) is 75.2 cm³/mol. The fourth-order valence-corrected chi connectivity index (χ4v) is 2.56. The monoisotopic (exact) mass is 359 g/mol. The number of carboxylic acid groups (broad SMARTS) is 1. The van der Waals surface area contributed by atoms with Crippen molar-refractivity contribution in [1.29, 1.82) is 0 Å². The van der Waals surface area contributed by atoms with Gasteiger partial charge in [-0.25, -0.2) is 4.79 Å². The molecule has 0 spiro atoms. The number of amides is 1. The molecular formula is C13H14INO3. The molecule has 1 fully saturated rings. The van der Waals surface area contributed by atoms with Gasteiger partial charge in [0.05, 0.1) is 6.42 Å². The van der Waals surface area contributed by atoms with Gasteiger partial charge in [-0.05, 0) is 53.1 Å². The Labute approximate surface area is 119 Å². The number of carboxylic acids is 1. The number of rotatable bonds is 3. The Morgan fingerprint density at radius 2 is 2.00 bits per heavy atom. The molecule has 96 valence electrons. The molecule has 1 heterocycles. The summed E-state index contributed by atoms with van der Waals surface area (Å²) in [7, 11) is 0. The van der Waals surface area contributed by atoms with Crippen LogP contribution in [0, 0.1) is 3.57 Å². The number of benzene rings is 1. The SMILES string of the molecule is O=C(O)[C@@H]1CCCN1C(=O)Cc1ccc(I)cc1. The van der Waals surface area contributed by atoms with Gasteiger partial charge in [0, 0.05) is 10.1 Å². The van der Waals surface area contributed by atoms with Crippen molar-refractivity contribution in [3.8, 4) is 0 Å². The summed E-state index contributed by atoms with van der Waals surface area (Å²) < 4.78 is 1.12. The fourth-order valence-electron chi connectivity index (χ4n) is 2.20. The maximum absolute atomic E-state index is 12.1. The maximum Gasteiger partial charge on any atom is 0.326 e. The molecule has 1 atom stereocenters. The highest BCUT2D eigenvalue weighted by Gasteiger charge is 2.33. The minimum Gasteiger partial charge on any atom is -0.480 e. The van der Waals surface area contributed by atoms with E-state index < -0.39 is 12.0 Å². The van der Waals surface area contributed by atoms with Crippen LogP contribution in [0.15, 0.2) is 24.3 Å². The molecule has 0 radical (unpaired) electrons. The fraction of sp³-hybridized carbons (Fsp3) is 0.385. The number of aliphatic carboxylic acids is 1. The van der Waals surface area contributed by atoms with Crippen molar-refractivity contribution in [2.75, 3.05) is 6.54 Å². The third kappa shape index (κ3) is 3.01. The Balaban J connectivity index is 2.03. The van der Waals surface area contributed by atoms with Gasteiger partial charge in [0.1, 0.15) is 6.04 Å². The van der Waals surface area contributed by atoms with E-state index >= 15 is 0 Å². The molecule has 1 aromatic rings. The van der Waals surface area contributed by atoms with E-state index in [0.717, 1.165) is 15.6 Å². The van der Waals surface area contributed by atoms with Crippen LogP contribution in [0.3, 0.4) is 0 Å². The first-order valence-corrected chi connectivity index (χ1v) is 6.92. The van der Waals surface area contributed by atoms with Crippen molar-refractivity contribution < 1.29 is 14.7 Å². The van der Waals surface area contributed by atoms with E-state index in [-0.39, 0.29) is 12.3 Å². The number of hydrogen-bond donors (Lipinski definition) is 1. The van der Waals surface area contributed by atoms with Gasteiger partial charge in [-0.1, -0.05) is 12.1 Å². The summed E-state index contributed by atoms with van der Waals surface area (Å²) in [6, 6.07) is 7.07. The molecule has 0 saturated carbocycles. The lowest BCUT2D eigenvalue weighted by atomic mass is 10.1. The zero-order valence-electron chi connectivity index (χ0n) is 9.80. The molecule has 18 heavy (non-hydrogen) atoms. The second-order valence-electron chi connectivity index (χ2n) is 4.39. The highest BCUT2D eigenvalue weighted by molar-refractivity contribution is 14.1. The molecule has 0 bridgehead atoms. The summed E-state index contributed by atoms with van der Waals surface area (Å²) in [5.41, 5.74) is 0.927. The molecule has 0 unspecified atom stereocenters. The summed E-state index contributed by atoms with van der Waals surface area (Å²) in [6.07, 6.45) is 1.61. The van der Waals surface area contributed by atoms with Crippen molar-refractivity contribution >= 4 is 34.5 Å². The largest absolute Gasteiger partial charge is 0.480 e. The standard InChI is InChI=1S/C13H14INO3/c14-10-5-3-9(4-6-10)8-12(16)15-7-1-2-11(15)13(17)18/h3-6,11H,1-2,7-8H2,(H,17,18)/t11-/m0/s1. The smallest absolute Gasteiger partial charge is 0.326 e. The predicted octanol–water partition coefficient (Wildman–Crippen LogP) is 1.91. The van der Waals surface area contributed by atoms with E-state index in [9.17, 15) is 9.59 Å². The van der Waals surface area contributed by atoms with Crippen LogP contribution in [0.4, 0.5) is 0 Å². The van der Waals surface area contributed by atoms with Crippen LogP contribution in [0.1, 0.15) is 18.4 Å². The quantitative estimate of drug-likeness (QED) is 0.839. The van der Waals surface area contributed by atoms with Gasteiger partial charge < -0.3 is 10.0 Å². The van der Waals surface area contributed by atoms with E-state index in [4.69, 9.17) is 5.11 Å². The van der Waals surface area contributed by atoms with E-state index in [0.29, 0.717) is 13.0 Å². The van der Waals surface area contributed by atoms with Crippen LogP contribution in [-0.2, 0) is 16.0 Å². The number of nitrogens with zero attached hydrogens (tertiary/aromatic N) is 1. The normalized spacial score (nSPS) is 18.9. The Kier molecular flexibility index (Phi) is 4.21. The lowest BCUT2D eigenvalue weighted by Crippen LogP contribution is -2.41. The third-order valence-corrected chi connectivity index (χ3v) is 3.85. The van der Waals surface area contributed by atoms with Gasteiger partial charge in [0.25, 0.3) is 0 Å². The van der Waals surface area contributed by atoms with E-state index in [1.165, 1.54) is 4.90 Å². The Morgan fingerprint density at radius 3 is 2.61 bits per heavy atom. The summed E-state index contributed by atoms with van der Waals surface area (Å²) in [6.45, 7) is 0.556. The van der Waals surface area contributed by atoms with Crippen molar-refractivity contribution in [2.45, 2.75) is 25.3 Å². The Bertz CT molecular complexity index is 458. The Morgan fingerprint density at radius 1 is 1.33 bits per heavy atom. The zero-order valence-corrected chi connectivity index (χ0v) is 12.0. The topological polar surface area (TPSA) is 57.6 Å². The van der Waals surface area contributed by atoms with Crippen LogP contribution in [0.2, 0.25) is 0 Å². The van der Waals surface area contributed by atoms with E-state index in [1.807, 2.05) is 24.3 Å². The molecular weight excluding hydrogens is 345 g/mol. The van der Waals surface area contributed by atoms with Crippen LogP contribution in [-0.4, -0.2) is 34.5 Å². The second kappa shape index (κ2) is 5.69. The summed E-state index contributed by atoms with van der Waals surface area (Å²) in [5.74, 6) is -0.996. The average molecular weight is 359 g/mol. The number of carbonyl (C=O) groups excluding carboxylic acids is 1. The first kappa shape index (κ1) is 13.3. The second-order valence-corrected chi connectivity index (χ2v) is 5.63. The van der Waals surface area contributed by atoms with Gasteiger partial charge >= 0.3 is 5.97 Å². The zero-order chi connectivity index (χ0) is 13.1. The molecule has 4 nitrogen and oxygen atoms in total. The van der Waals surface area contributed by atoms with Gasteiger partial charge in [-0.15, -0.1) is 0 Å². The average Bonchev–Trinajstić information content (AvgIpc) is 2.81. The van der Waals surface area contributed by atoms with Crippen molar-refractivity contribution in [3.63, 3.8) is 0 Å². The highest BCUT2D eigenvalue weighted by atomic mass is 127. The van der Waals surface area contributed by atoms with Crippen molar-refractivity contribution in [3.05, 3.63) is 33.4 Å². The Hall–Kier alpha value is -1.11. The summed E-state index contributed by atoms with van der Waals surface area (Å²) in [5, 5.41) is 9.04. The van der Waals surface area contributed by atoms with Crippen LogP contribution >= 0.6 is 22.6 Å². The maximum atomic E-state index is 12.1. The molecule has 0 aliphatic carbocycles. The molecule has 1 aromatic carbocycles. The molecule has 1 aliphatic heterocycles. The minimum atomic E-state index is -0.900. The van der Waals surface area contributed by atoms with Crippen LogP contribution in [0.5, 0.6) is 0 Å². The van der Waals surface area contributed by atoms with E-state index in [2.05, 4.69) is 22.6 Å². The molecule has 1 saturated heterocycles. The third-order valence-electron chi connectivity index (χ3n) is 3.13. The molecule has 0 aromatic heterocycles. The molecule has 5 heteroatoms. The highest BCUT2D eigenvalue weighted by Crippen LogP contribution is 2.19. The van der Waals surface area contributed by atoms with Crippen LogP contribution in [0.25, 0.3) is 0 Å². The first-order chi connectivity index (χ1) is 8.58. The molecule has 1 amide bonds. The van der Waals surface area contributed by atoms with Crippen molar-refractivity contribution in [1.82, 2.24) is 4.90 Å². The molecule has 1 aliphatic rings. The van der Waals surface area contributed by atoms with Gasteiger partial charge in [-0.3, -0.25) is 4.79 Å². The van der Waals surface area contributed by atoms with Gasteiger partial charge in [0.2, 0.25) is 5.91 Å². The van der Waals surface area contributed by atoms with E-state index in [1.54, 1.807) is 0 Å². The molecule has 1 N–H and O–H groups in total. The van der Waals surface area contributed by atoms with Gasteiger partial charge in [0.15, 0.2) is 0 Å². The van der Waals surface area contributed by atoms with Gasteiger partial charge in [-0.2, -0.15) is 0 Å². The lowest BCUT2D eigenvalue weighted by molar-refractivity contribution is -0.148. The van der Waals surface area contributed by atoms with Crippen LogP contribution < -0.4 is 0 Å². The lowest BCUT2D eigenvalue weighted by Gasteiger charge is -2.21. The number of likely N-dealkylation sites (tertiary alicyclic amines) is 1. The van der Waals surface area contributed by atoms with Crippen molar-refractivity contribution in [2.24, 2.45) is 0 Å². The number of carbonyl (C=O) groups is 2. The summed E-state index contributed by atoms with van der Waals surface area (Å²) in [4.78, 5) is 24.6. The molecule has 2 rings (SSSR count). The first-order valence-electron chi connectivity index (χ1n) is 5.84. The number of halogens is 1. The minimum absolute atomic E-state index is 0.0962. The summed E-state index contributed by atoms with van der Waals surface area (Å²) >= 11 is 2.21. The number of hydrogen-bond acceptors (Lipinski definition) is 2.